The highest BCUT2D eigenvalue weighted by Crippen LogP contribution is 2.25. The quantitative estimate of drug-likeness (QED) is 0.895. The molecule has 108 valence electrons. The second-order valence-electron chi connectivity index (χ2n) is 6.17. The molecule has 20 heavy (non-hydrogen) atoms. The van der Waals surface area contributed by atoms with E-state index in [9.17, 15) is 5.26 Å². The third-order valence-electron chi connectivity index (χ3n) is 3.70. The van der Waals surface area contributed by atoms with Crippen LogP contribution < -0.4 is 10.1 Å². The summed E-state index contributed by atoms with van der Waals surface area (Å²) < 4.78 is 5.84. The van der Waals surface area contributed by atoms with Gasteiger partial charge in [-0.1, -0.05) is 6.07 Å². The summed E-state index contributed by atoms with van der Waals surface area (Å²) in [4.78, 5) is 0. The van der Waals surface area contributed by atoms with Crippen LogP contribution in [0.5, 0.6) is 5.75 Å². The van der Waals surface area contributed by atoms with Crippen LogP contribution in [0.15, 0.2) is 18.2 Å². The highest BCUT2D eigenvalue weighted by atomic mass is 16.5. The molecule has 0 fully saturated rings. The molecule has 0 radical (unpaired) electrons. The first-order valence-corrected chi connectivity index (χ1v) is 7.46. The first kappa shape index (κ1) is 14.9. The van der Waals surface area contributed by atoms with Crippen molar-refractivity contribution in [3.05, 3.63) is 29.3 Å². The molecule has 1 aromatic rings. The summed E-state index contributed by atoms with van der Waals surface area (Å²) in [6.45, 7) is 6.31. The van der Waals surface area contributed by atoms with Crippen molar-refractivity contribution in [3.8, 4) is 11.8 Å². The van der Waals surface area contributed by atoms with Gasteiger partial charge in [-0.25, -0.2) is 0 Å². The molecule has 0 aromatic heterocycles. The maximum Gasteiger partial charge on any atom is 0.138 e. The van der Waals surface area contributed by atoms with Crippen LogP contribution in [0.4, 0.5) is 0 Å². The van der Waals surface area contributed by atoms with E-state index in [0.717, 1.165) is 12.2 Å². The number of fused-ring (bicyclic) bond motifs is 1. The molecule has 1 aromatic carbocycles. The summed E-state index contributed by atoms with van der Waals surface area (Å²) in [5.74, 6) is 0.873. The number of benzene rings is 1. The van der Waals surface area contributed by atoms with Gasteiger partial charge in [-0.05, 0) is 69.7 Å². The van der Waals surface area contributed by atoms with Gasteiger partial charge in [0.2, 0.25) is 0 Å². The fraction of sp³-hybridized carbons (Fsp3) is 0.588. The third-order valence-corrected chi connectivity index (χ3v) is 3.70. The zero-order chi connectivity index (χ0) is 14.6. The van der Waals surface area contributed by atoms with E-state index in [-0.39, 0.29) is 6.04 Å². The van der Waals surface area contributed by atoms with E-state index in [1.165, 1.54) is 30.4 Å². The Bertz CT molecular complexity index is 504. The number of hydrogen-bond donors (Lipinski definition) is 1. The van der Waals surface area contributed by atoms with E-state index in [2.05, 4.69) is 23.5 Å². The van der Waals surface area contributed by atoms with Crippen molar-refractivity contribution >= 4 is 0 Å². The molecule has 3 heteroatoms. The minimum absolute atomic E-state index is 0.256. The highest BCUT2D eigenvalue weighted by Gasteiger charge is 2.25. The Balaban J connectivity index is 2.01. The smallest absolute Gasteiger partial charge is 0.138 e. The summed E-state index contributed by atoms with van der Waals surface area (Å²) >= 11 is 0. The monoisotopic (exact) mass is 272 g/mol. The molecule has 1 aliphatic rings. The number of nitriles is 1. The van der Waals surface area contributed by atoms with Crippen molar-refractivity contribution in [2.45, 2.75) is 58.0 Å². The van der Waals surface area contributed by atoms with Crippen LogP contribution in [-0.2, 0) is 12.8 Å². The summed E-state index contributed by atoms with van der Waals surface area (Å²) in [5.41, 5.74) is 2.21. The largest absolute Gasteiger partial charge is 0.491 e. The van der Waals surface area contributed by atoms with Crippen molar-refractivity contribution < 1.29 is 4.74 Å². The van der Waals surface area contributed by atoms with Gasteiger partial charge in [0, 0.05) is 6.04 Å². The van der Waals surface area contributed by atoms with Crippen LogP contribution in [0.25, 0.3) is 0 Å². The van der Waals surface area contributed by atoms with Gasteiger partial charge in [0.25, 0.3) is 0 Å². The maximum atomic E-state index is 9.31. The van der Waals surface area contributed by atoms with Gasteiger partial charge in [-0.2, -0.15) is 5.26 Å². The normalized spacial score (nSPS) is 17.1. The number of hydrogen-bond acceptors (Lipinski definition) is 3. The van der Waals surface area contributed by atoms with E-state index in [4.69, 9.17) is 4.74 Å². The lowest BCUT2D eigenvalue weighted by atomic mass is 9.92. The van der Waals surface area contributed by atoms with Crippen LogP contribution in [-0.4, -0.2) is 18.2 Å². The van der Waals surface area contributed by atoms with Gasteiger partial charge in [0.05, 0.1) is 6.07 Å². The van der Waals surface area contributed by atoms with E-state index in [0.29, 0.717) is 6.61 Å². The number of nitrogens with one attached hydrogen (secondary N) is 1. The Morgan fingerprint density at radius 2 is 2.00 bits per heavy atom. The molecule has 0 aliphatic heterocycles. The number of rotatable bonds is 5. The van der Waals surface area contributed by atoms with Crippen molar-refractivity contribution in [1.82, 2.24) is 5.32 Å². The standard InChI is InChI=1S/C17H24N2O/c1-13(2)19-17(3,11-18)12-20-16-9-8-14-6-4-5-7-15(14)10-16/h8-10,13,19H,4-7,12H2,1-3H3. The van der Waals surface area contributed by atoms with Crippen LogP contribution >= 0.6 is 0 Å². The van der Waals surface area contributed by atoms with E-state index in [1.807, 2.05) is 26.8 Å². The molecule has 0 spiro atoms. The molecular formula is C17H24N2O. The van der Waals surface area contributed by atoms with Gasteiger partial charge < -0.3 is 4.74 Å². The zero-order valence-corrected chi connectivity index (χ0v) is 12.7. The van der Waals surface area contributed by atoms with Gasteiger partial charge in [-0.15, -0.1) is 0 Å². The Kier molecular flexibility index (Phi) is 4.67. The number of nitrogens with zero attached hydrogens (tertiary/aromatic N) is 1. The number of aryl methyl sites for hydroxylation is 2. The summed E-state index contributed by atoms with van der Waals surface area (Å²) in [7, 11) is 0. The molecular weight excluding hydrogens is 248 g/mol. The number of ether oxygens (including phenoxy) is 1. The van der Waals surface area contributed by atoms with Gasteiger partial charge in [0.15, 0.2) is 0 Å². The van der Waals surface area contributed by atoms with Crippen molar-refractivity contribution in [2.75, 3.05) is 6.61 Å². The van der Waals surface area contributed by atoms with Crippen LogP contribution in [0.3, 0.4) is 0 Å². The van der Waals surface area contributed by atoms with E-state index >= 15 is 0 Å². The molecule has 2 rings (SSSR count). The van der Waals surface area contributed by atoms with Gasteiger partial charge in [-0.3, -0.25) is 5.32 Å². The molecule has 3 nitrogen and oxygen atoms in total. The van der Waals surface area contributed by atoms with Gasteiger partial charge in [0.1, 0.15) is 17.9 Å². The molecule has 1 N–H and O–H groups in total. The molecule has 0 saturated heterocycles. The fourth-order valence-corrected chi connectivity index (χ4v) is 2.77. The topological polar surface area (TPSA) is 45.0 Å². The minimum atomic E-state index is -0.649. The van der Waals surface area contributed by atoms with E-state index in [1.54, 1.807) is 0 Å². The lowest BCUT2D eigenvalue weighted by Crippen LogP contribution is -2.49. The highest BCUT2D eigenvalue weighted by molar-refractivity contribution is 5.37. The van der Waals surface area contributed by atoms with Crippen molar-refractivity contribution in [3.63, 3.8) is 0 Å². The zero-order valence-electron chi connectivity index (χ0n) is 12.7. The van der Waals surface area contributed by atoms with Crippen molar-refractivity contribution in [2.24, 2.45) is 0 Å². The summed E-state index contributed by atoms with van der Waals surface area (Å²) in [5, 5.41) is 12.6. The Morgan fingerprint density at radius 3 is 2.65 bits per heavy atom. The summed E-state index contributed by atoms with van der Waals surface area (Å²) in [6, 6.07) is 8.90. The predicted octanol–water partition coefficient (Wildman–Crippen LogP) is 3.22. The Labute approximate surface area is 121 Å². The maximum absolute atomic E-state index is 9.31. The average molecular weight is 272 g/mol. The van der Waals surface area contributed by atoms with Crippen LogP contribution in [0, 0.1) is 11.3 Å². The first-order valence-electron chi connectivity index (χ1n) is 7.46. The molecule has 0 heterocycles. The lowest BCUT2D eigenvalue weighted by Gasteiger charge is -2.26. The van der Waals surface area contributed by atoms with Crippen LogP contribution in [0.1, 0.15) is 44.7 Å². The lowest BCUT2D eigenvalue weighted by molar-refractivity contribution is 0.225. The van der Waals surface area contributed by atoms with Crippen molar-refractivity contribution in [1.29, 1.82) is 5.26 Å². The second-order valence-corrected chi connectivity index (χ2v) is 6.17. The third kappa shape index (κ3) is 3.74. The van der Waals surface area contributed by atoms with E-state index < -0.39 is 5.54 Å². The first-order chi connectivity index (χ1) is 9.52. The Hall–Kier alpha value is -1.53. The fourth-order valence-electron chi connectivity index (χ4n) is 2.77. The molecule has 1 unspecified atom stereocenters. The van der Waals surface area contributed by atoms with Gasteiger partial charge >= 0.3 is 0 Å². The van der Waals surface area contributed by atoms with Crippen LogP contribution in [0.2, 0.25) is 0 Å². The summed E-state index contributed by atoms with van der Waals surface area (Å²) in [6.07, 6.45) is 4.88. The molecule has 0 bridgehead atoms. The minimum Gasteiger partial charge on any atom is -0.491 e. The molecule has 0 amide bonds. The SMILES string of the molecule is CC(C)NC(C)(C#N)COc1ccc2c(c1)CCCC2. The Morgan fingerprint density at radius 1 is 1.30 bits per heavy atom. The molecule has 0 saturated carbocycles. The predicted molar refractivity (Wildman–Crippen MR) is 80.9 cm³/mol. The average Bonchev–Trinajstić information content (AvgIpc) is 2.44. The molecule has 1 atom stereocenters. The second kappa shape index (κ2) is 6.28. The molecule has 1 aliphatic carbocycles.